The van der Waals surface area contributed by atoms with Crippen molar-refractivity contribution in [3.8, 4) is 23.3 Å². The molecule has 0 bridgehead atoms. The van der Waals surface area contributed by atoms with Gasteiger partial charge in [0.1, 0.15) is 0 Å². The van der Waals surface area contributed by atoms with E-state index >= 15 is 0 Å². The van der Waals surface area contributed by atoms with Crippen molar-refractivity contribution >= 4 is 16.9 Å². The Morgan fingerprint density at radius 1 is 1.18 bits per heavy atom. The zero-order valence-corrected chi connectivity index (χ0v) is 15.6. The number of hydrogen-bond donors (Lipinski definition) is 0. The van der Waals surface area contributed by atoms with Crippen LogP contribution in [0.2, 0.25) is 0 Å². The lowest BCUT2D eigenvalue weighted by atomic mass is 10.1. The average Bonchev–Trinajstić information content (AvgIpc) is 2.73. The van der Waals surface area contributed by atoms with E-state index in [1.54, 1.807) is 37.3 Å². The molecule has 0 atom stereocenters. The highest BCUT2D eigenvalue weighted by atomic mass is 16.5. The number of esters is 1. The van der Waals surface area contributed by atoms with Gasteiger partial charge in [0.15, 0.2) is 11.5 Å². The summed E-state index contributed by atoms with van der Waals surface area (Å²) in [5.41, 5.74) is -0.00792. The number of hydrogen-bond acceptors (Lipinski definition) is 7. The maximum atomic E-state index is 12.9. The van der Waals surface area contributed by atoms with Gasteiger partial charge in [-0.05, 0) is 31.2 Å². The Kier molecular flexibility index (Phi) is 5.27. The minimum absolute atomic E-state index is 0.0915. The Morgan fingerprint density at radius 3 is 2.57 bits per heavy atom. The van der Waals surface area contributed by atoms with Crippen molar-refractivity contribution in [1.29, 1.82) is 5.26 Å². The van der Waals surface area contributed by atoms with E-state index in [9.17, 15) is 14.9 Å². The van der Waals surface area contributed by atoms with Crippen molar-refractivity contribution in [1.82, 2.24) is 9.78 Å². The van der Waals surface area contributed by atoms with E-state index in [0.717, 1.165) is 0 Å². The van der Waals surface area contributed by atoms with E-state index in [4.69, 9.17) is 14.2 Å². The number of methoxy groups -OCH3 is 2. The second-order valence-corrected chi connectivity index (χ2v) is 5.66. The highest BCUT2D eigenvalue weighted by molar-refractivity contribution is 5.94. The average molecular weight is 379 g/mol. The zero-order valence-electron chi connectivity index (χ0n) is 15.6. The van der Waals surface area contributed by atoms with Crippen LogP contribution in [0.25, 0.3) is 16.6 Å². The van der Waals surface area contributed by atoms with Gasteiger partial charge in [0.2, 0.25) is 11.1 Å². The second kappa shape index (κ2) is 7.80. The van der Waals surface area contributed by atoms with E-state index in [-0.39, 0.29) is 17.6 Å². The molecular formula is C20H17N3O5. The molecule has 3 aromatic rings. The summed E-state index contributed by atoms with van der Waals surface area (Å²) in [7, 11) is 3.01. The van der Waals surface area contributed by atoms with Crippen LogP contribution in [0, 0.1) is 11.3 Å². The van der Waals surface area contributed by atoms with Gasteiger partial charge in [0.25, 0.3) is 0 Å². The molecule has 1 heterocycles. The fourth-order valence-electron chi connectivity index (χ4n) is 2.85. The first-order valence-electron chi connectivity index (χ1n) is 8.41. The summed E-state index contributed by atoms with van der Waals surface area (Å²) in [6, 6.07) is 11.8. The predicted molar refractivity (Wildman–Crippen MR) is 101 cm³/mol. The fraction of sp³-hybridized carbons (Fsp3) is 0.200. The first-order valence-corrected chi connectivity index (χ1v) is 8.41. The summed E-state index contributed by atoms with van der Waals surface area (Å²) < 4.78 is 16.9. The number of benzene rings is 2. The van der Waals surface area contributed by atoms with Crippen molar-refractivity contribution in [3.63, 3.8) is 0 Å². The van der Waals surface area contributed by atoms with Gasteiger partial charge < -0.3 is 14.2 Å². The molecule has 0 spiro atoms. The number of ether oxygens (including phenoxy) is 3. The molecule has 0 unspecified atom stereocenters. The van der Waals surface area contributed by atoms with Crippen LogP contribution in [0.1, 0.15) is 23.0 Å². The summed E-state index contributed by atoms with van der Waals surface area (Å²) in [4.78, 5) is 25.1. The molecule has 0 aliphatic rings. The van der Waals surface area contributed by atoms with Gasteiger partial charge >= 0.3 is 5.97 Å². The molecule has 8 nitrogen and oxygen atoms in total. The van der Waals surface area contributed by atoms with Crippen LogP contribution in [0.5, 0.6) is 11.5 Å². The molecule has 8 heteroatoms. The molecule has 3 rings (SSSR count). The molecule has 142 valence electrons. The first kappa shape index (κ1) is 18.9. The van der Waals surface area contributed by atoms with Gasteiger partial charge in [-0.2, -0.15) is 10.4 Å². The van der Waals surface area contributed by atoms with Crippen molar-refractivity contribution < 1.29 is 19.0 Å². The maximum absolute atomic E-state index is 12.9. The molecule has 0 aliphatic carbocycles. The Bertz CT molecular complexity index is 1160. The van der Waals surface area contributed by atoms with Crippen LogP contribution in [-0.4, -0.2) is 36.6 Å². The quantitative estimate of drug-likeness (QED) is 0.627. The molecule has 1 aromatic heterocycles. The highest BCUT2D eigenvalue weighted by Gasteiger charge is 2.21. The van der Waals surface area contributed by atoms with Crippen molar-refractivity contribution in [3.05, 3.63) is 57.9 Å². The molecule has 0 amide bonds. The summed E-state index contributed by atoms with van der Waals surface area (Å²) in [6.45, 7) is 1.72. The summed E-state index contributed by atoms with van der Waals surface area (Å²) in [5, 5.41) is 13.7. The first-order chi connectivity index (χ1) is 13.5. The van der Waals surface area contributed by atoms with Gasteiger partial charge in [-0.15, -0.1) is 0 Å². The Labute approximate surface area is 160 Å². The van der Waals surface area contributed by atoms with E-state index in [0.29, 0.717) is 22.7 Å². The number of aromatic nitrogens is 2. The highest BCUT2D eigenvalue weighted by Crippen LogP contribution is 2.30. The number of carbonyl (C=O) groups is 1. The standard InChI is InChI=1S/C20H17N3O5/c1-4-28-20(25)18-19(24)17-12(11-21)6-5-7-14(17)23(22-18)13-8-9-15(26-2)16(10-13)27-3/h5-10H,4H2,1-3H3. The third kappa shape index (κ3) is 3.14. The van der Waals surface area contributed by atoms with Crippen molar-refractivity contribution in [2.45, 2.75) is 6.92 Å². The number of rotatable bonds is 5. The Balaban J connectivity index is 2.40. The van der Waals surface area contributed by atoms with Crippen LogP contribution < -0.4 is 14.9 Å². The lowest BCUT2D eigenvalue weighted by Gasteiger charge is -2.14. The minimum atomic E-state index is -0.851. The Morgan fingerprint density at radius 2 is 1.93 bits per heavy atom. The molecule has 0 aliphatic heterocycles. The van der Waals surface area contributed by atoms with Crippen molar-refractivity contribution in [2.75, 3.05) is 20.8 Å². The van der Waals surface area contributed by atoms with Crippen LogP contribution in [-0.2, 0) is 4.74 Å². The lowest BCUT2D eigenvalue weighted by molar-refractivity contribution is 0.0516. The summed E-state index contributed by atoms with van der Waals surface area (Å²) in [6.07, 6.45) is 0. The third-order valence-corrected chi connectivity index (χ3v) is 4.11. The Hall–Kier alpha value is -3.86. The molecule has 0 N–H and O–H groups in total. The topological polar surface area (TPSA) is 103 Å². The lowest BCUT2D eigenvalue weighted by Crippen LogP contribution is -2.24. The van der Waals surface area contributed by atoms with E-state index in [2.05, 4.69) is 5.10 Å². The molecule has 2 aromatic carbocycles. The number of nitriles is 1. The van der Waals surface area contributed by atoms with Gasteiger partial charge in [-0.1, -0.05) is 6.07 Å². The van der Waals surface area contributed by atoms with Crippen LogP contribution >= 0.6 is 0 Å². The van der Waals surface area contributed by atoms with E-state index in [1.807, 2.05) is 6.07 Å². The summed E-state index contributed by atoms with van der Waals surface area (Å²) >= 11 is 0. The van der Waals surface area contributed by atoms with Crippen molar-refractivity contribution in [2.24, 2.45) is 0 Å². The van der Waals surface area contributed by atoms with Gasteiger partial charge in [-0.3, -0.25) is 4.79 Å². The summed E-state index contributed by atoms with van der Waals surface area (Å²) in [5.74, 6) is 0.110. The van der Waals surface area contributed by atoms with Gasteiger partial charge in [0, 0.05) is 6.07 Å². The smallest absolute Gasteiger partial charge is 0.362 e. The predicted octanol–water partition coefficient (Wildman–Crippen LogP) is 2.45. The normalized spacial score (nSPS) is 10.4. The molecular weight excluding hydrogens is 362 g/mol. The van der Waals surface area contributed by atoms with E-state index < -0.39 is 17.1 Å². The second-order valence-electron chi connectivity index (χ2n) is 5.66. The third-order valence-electron chi connectivity index (χ3n) is 4.11. The largest absolute Gasteiger partial charge is 0.493 e. The van der Waals surface area contributed by atoms with Gasteiger partial charge in [0.05, 0.1) is 49.0 Å². The van der Waals surface area contributed by atoms with Crippen LogP contribution in [0.4, 0.5) is 0 Å². The molecule has 0 radical (unpaired) electrons. The van der Waals surface area contributed by atoms with Crippen LogP contribution in [0.15, 0.2) is 41.2 Å². The fourth-order valence-corrected chi connectivity index (χ4v) is 2.85. The molecule has 28 heavy (non-hydrogen) atoms. The maximum Gasteiger partial charge on any atom is 0.362 e. The molecule has 0 saturated heterocycles. The minimum Gasteiger partial charge on any atom is -0.493 e. The number of nitrogens with zero attached hydrogens (tertiary/aromatic N) is 3. The van der Waals surface area contributed by atoms with Crippen LogP contribution in [0.3, 0.4) is 0 Å². The molecule has 0 fully saturated rings. The number of fused-ring (bicyclic) bond motifs is 1. The zero-order chi connectivity index (χ0) is 20.3. The number of carbonyl (C=O) groups excluding carboxylic acids is 1. The SMILES string of the molecule is CCOC(=O)c1nn(-c2ccc(OC)c(OC)c2)c2cccc(C#N)c2c1=O. The van der Waals surface area contributed by atoms with Gasteiger partial charge in [-0.25, -0.2) is 9.48 Å². The molecule has 0 saturated carbocycles. The van der Waals surface area contributed by atoms with E-state index in [1.165, 1.54) is 25.0 Å². The monoisotopic (exact) mass is 379 g/mol.